The number of hydrogen-bond acceptors (Lipinski definition) is 0. The van der Waals surface area contributed by atoms with Crippen molar-refractivity contribution < 1.29 is 16.8 Å². The maximum atomic E-state index is 3.00. The molecule has 1 heteroatoms. The molecular formula is C14H28Co. The fraction of sp³-hybridized carbons (Fsp3) is 0.714. The molecule has 0 unspecified atom stereocenters. The Balaban J connectivity index is -0.000000258. The quantitative estimate of drug-likeness (QED) is 0.546. The van der Waals surface area contributed by atoms with E-state index in [0.717, 1.165) is 29.6 Å². The molecule has 0 aromatic carbocycles. The van der Waals surface area contributed by atoms with Gasteiger partial charge in [0.1, 0.15) is 0 Å². The molecule has 1 rings (SSSR count). The van der Waals surface area contributed by atoms with Gasteiger partial charge in [-0.15, -0.1) is 26.3 Å². The van der Waals surface area contributed by atoms with Crippen LogP contribution in [0, 0.1) is 29.6 Å². The van der Waals surface area contributed by atoms with Crippen LogP contribution in [0.25, 0.3) is 0 Å². The smallest absolute Gasteiger partial charge is 0 e. The van der Waals surface area contributed by atoms with Gasteiger partial charge in [0.05, 0.1) is 0 Å². The van der Waals surface area contributed by atoms with Crippen molar-refractivity contribution in [3.05, 3.63) is 26.3 Å². The van der Waals surface area contributed by atoms with Crippen molar-refractivity contribution in [1.82, 2.24) is 0 Å². The molecule has 0 bridgehead atoms. The normalized spacial score (nSPS) is 37.5. The topological polar surface area (TPSA) is 0 Å². The minimum Gasteiger partial charge on any atom is -0.106 e. The SMILES string of the molecule is C=C.C=C.CC1C(C)C(C)C(C)C1C.[Co]. The van der Waals surface area contributed by atoms with Crippen LogP contribution < -0.4 is 0 Å². The van der Waals surface area contributed by atoms with Gasteiger partial charge in [-0.2, -0.15) is 0 Å². The molecule has 0 aromatic heterocycles. The maximum Gasteiger partial charge on any atom is 0 e. The van der Waals surface area contributed by atoms with Gasteiger partial charge < -0.3 is 0 Å². The molecule has 1 aliphatic rings. The third kappa shape index (κ3) is 5.03. The molecule has 0 aliphatic heterocycles. The second-order valence-electron chi connectivity index (χ2n) is 4.30. The van der Waals surface area contributed by atoms with E-state index in [4.69, 9.17) is 0 Å². The number of hydrogen-bond donors (Lipinski definition) is 0. The van der Waals surface area contributed by atoms with E-state index in [9.17, 15) is 0 Å². The van der Waals surface area contributed by atoms with Crippen LogP contribution in [-0.4, -0.2) is 0 Å². The average Bonchev–Trinajstić information content (AvgIpc) is 2.42. The Morgan fingerprint density at radius 2 is 0.533 bits per heavy atom. The molecule has 0 heterocycles. The van der Waals surface area contributed by atoms with E-state index >= 15 is 0 Å². The fourth-order valence-corrected chi connectivity index (χ4v) is 2.39. The Labute approximate surface area is 107 Å². The third-order valence-electron chi connectivity index (χ3n) is 4.15. The van der Waals surface area contributed by atoms with Gasteiger partial charge in [-0.05, 0) is 29.6 Å². The summed E-state index contributed by atoms with van der Waals surface area (Å²) in [5, 5.41) is 0. The monoisotopic (exact) mass is 255 g/mol. The first-order valence-electron chi connectivity index (χ1n) is 5.55. The van der Waals surface area contributed by atoms with E-state index in [2.05, 4.69) is 60.9 Å². The van der Waals surface area contributed by atoms with Crippen molar-refractivity contribution in [3.8, 4) is 0 Å². The Hall–Kier alpha value is -0.0135. The van der Waals surface area contributed by atoms with Crippen molar-refractivity contribution in [1.29, 1.82) is 0 Å². The minimum atomic E-state index is 0. The van der Waals surface area contributed by atoms with E-state index in [0.29, 0.717) is 0 Å². The van der Waals surface area contributed by atoms with Crippen LogP contribution in [-0.2, 0) is 16.8 Å². The number of rotatable bonds is 0. The molecule has 0 aromatic rings. The van der Waals surface area contributed by atoms with Crippen molar-refractivity contribution in [3.63, 3.8) is 0 Å². The van der Waals surface area contributed by atoms with Gasteiger partial charge in [0.2, 0.25) is 0 Å². The average molecular weight is 255 g/mol. The molecule has 93 valence electrons. The second-order valence-corrected chi connectivity index (χ2v) is 4.30. The molecular weight excluding hydrogens is 227 g/mol. The van der Waals surface area contributed by atoms with E-state index in [1.165, 1.54) is 0 Å². The first-order valence-corrected chi connectivity index (χ1v) is 5.55. The van der Waals surface area contributed by atoms with Gasteiger partial charge >= 0.3 is 0 Å². The van der Waals surface area contributed by atoms with Gasteiger partial charge in [0.25, 0.3) is 0 Å². The Morgan fingerprint density at radius 1 is 0.467 bits per heavy atom. The van der Waals surface area contributed by atoms with Crippen molar-refractivity contribution in [2.75, 3.05) is 0 Å². The first kappa shape index (κ1) is 20.4. The Kier molecular flexibility index (Phi) is 14.3. The van der Waals surface area contributed by atoms with E-state index in [-0.39, 0.29) is 16.8 Å². The van der Waals surface area contributed by atoms with Gasteiger partial charge in [0, 0.05) is 16.8 Å². The van der Waals surface area contributed by atoms with Crippen LogP contribution in [0.3, 0.4) is 0 Å². The summed E-state index contributed by atoms with van der Waals surface area (Å²) in [5.41, 5.74) is 0. The van der Waals surface area contributed by atoms with Crippen molar-refractivity contribution in [2.45, 2.75) is 34.6 Å². The first-order chi connectivity index (χ1) is 6.55. The van der Waals surface area contributed by atoms with Crippen molar-refractivity contribution >= 4 is 0 Å². The second kappa shape index (κ2) is 10.5. The van der Waals surface area contributed by atoms with E-state index in [1.54, 1.807) is 0 Å². The fourth-order valence-electron chi connectivity index (χ4n) is 2.39. The Bertz CT molecular complexity index is 97.4. The molecule has 0 nitrogen and oxygen atoms in total. The molecule has 1 fully saturated rings. The third-order valence-corrected chi connectivity index (χ3v) is 4.15. The van der Waals surface area contributed by atoms with E-state index in [1.807, 2.05) is 0 Å². The van der Waals surface area contributed by atoms with Gasteiger partial charge in [-0.1, -0.05) is 34.6 Å². The van der Waals surface area contributed by atoms with E-state index < -0.39 is 0 Å². The summed E-state index contributed by atoms with van der Waals surface area (Å²) in [4.78, 5) is 0. The predicted octanol–water partition coefficient (Wildman–Crippen LogP) is 4.78. The zero-order valence-electron chi connectivity index (χ0n) is 11.0. The van der Waals surface area contributed by atoms with Crippen LogP contribution in [0.15, 0.2) is 26.3 Å². The molecule has 0 N–H and O–H groups in total. The van der Waals surface area contributed by atoms with Crippen molar-refractivity contribution in [2.24, 2.45) is 29.6 Å². The Morgan fingerprint density at radius 3 is 0.600 bits per heavy atom. The molecule has 0 saturated heterocycles. The standard InChI is InChI=1S/C10H20.2C2H4.Co/c1-6-7(2)9(4)10(5)8(6)3;2*1-2;/h6-10H,1-5H3;2*1-2H2;. The summed E-state index contributed by atoms with van der Waals surface area (Å²) < 4.78 is 0. The van der Waals surface area contributed by atoms with Crippen LogP contribution in [0.1, 0.15) is 34.6 Å². The largest absolute Gasteiger partial charge is 0.106 e. The summed E-state index contributed by atoms with van der Waals surface area (Å²) in [6, 6.07) is 0. The van der Waals surface area contributed by atoms with Gasteiger partial charge in [-0.25, -0.2) is 0 Å². The molecule has 0 amide bonds. The zero-order valence-corrected chi connectivity index (χ0v) is 12.1. The van der Waals surface area contributed by atoms with Crippen LogP contribution in [0.4, 0.5) is 0 Å². The maximum absolute atomic E-state index is 3.00. The summed E-state index contributed by atoms with van der Waals surface area (Å²) in [7, 11) is 0. The van der Waals surface area contributed by atoms with Crippen LogP contribution in [0.5, 0.6) is 0 Å². The van der Waals surface area contributed by atoms with Gasteiger partial charge in [-0.3, -0.25) is 0 Å². The zero-order chi connectivity index (χ0) is 11.9. The van der Waals surface area contributed by atoms with Crippen LogP contribution >= 0.6 is 0 Å². The predicted molar refractivity (Wildman–Crippen MR) is 68.3 cm³/mol. The van der Waals surface area contributed by atoms with Gasteiger partial charge in [0.15, 0.2) is 0 Å². The van der Waals surface area contributed by atoms with Crippen LogP contribution in [0.2, 0.25) is 0 Å². The summed E-state index contributed by atoms with van der Waals surface area (Å²) in [5.74, 6) is 4.68. The summed E-state index contributed by atoms with van der Waals surface area (Å²) >= 11 is 0. The molecule has 1 radical (unpaired) electrons. The molecule has 15 heavy (non-hydrogen) atoms. The molecule has 0 atom stereocenters. The molecule has 1 aliphatic carbocycles. The summed E-state index contributed by atoms with van der Waals surface area (Å²) in [6.45, 7) is 24.0. The molecule has 1 saturated carbocycles. The summed E-state index contributed by atoms with van der Waals surface area (Å²) in [6.07, 6.45) is 0. The molecule has 0 spiro atoms. The minimum absolute atomic E-state index is 0.